The van der Waals surface area contributed by atoms with Gasteiger partial charge in [0.25, 0.3) is 0 Å². The van der Waals surface area contributed by atoms with Crippen LogP contribution in [0.3, 0.4) is 0 Å². The molecule has 0 atom stereocenters. The van der Waals surface area contributed by atoms with Gasteiger partial charge in [-0.2, -0.15) is 8.78 Å². The SMILES string of the molecule is O=C(CBr)OCC(F)(F)SOOO. The molecule has 0 heterocycles. The Morgan fingerprint density at radius 1 is 1.62 bits per heavy atom. The molecule has 0 spiro atoms. The molecule has 1 N–H and O–H groups in total. The van der Waals surface area contributed by atoms with Crippen molar-refractivity contribution in [3.8, 4) is 0 Å². The van der Waals surface area contributed by atoms with Crippen LogP contribution in [-0.2, 0) is 18.9 Å². The number of hydrogen-bond donors (Lipinski definition) is 1. The third kappa shape index (κ3) is 7.14. The van der Waals surface area contributed by atoms with Gasteiger partial charge < -0.3 is 4.74 Å². The quantitative estimate of drug-likeness (QED) is 0.262. The molecule has 0 aromatic heterocycles. The third-order valence-corrected chi connectivity index (χ3v) is 1.65. The van der Waals surface area contributed by atoms with Crippen molar-refractivity contribution < 1.29 is 32.9 Å². The predicted molar refractivity (Wildman–Crippen MR) is 42.1 cm³/mol. The van der Waals surface area contributed by atoms with E-state index in [9.17, 15) is 13.6 Å². The lowest BCUT2D eigenvalue weighted by atomic mass is 10.7. The summed E-state index contributed by atoms with van der Waals surface area (Å²) >= 11 is 2.25. The Balaban J connectivity index is 3.67. The zero-order valence-corrected chi connectivity index (χ0v) is 8.44. The van der Waals surface area contributed by atoms with Crippen molar-refractivity contribution in [3.05, 3.63) is 0 Å². The van der Waals surface area contributed by atoms with E-state index in [1.54, 1.807) is 0 Å². The van der Waals surface area contributed by atoms with Gasteiger partial charge in [-0.25, -0.2) is 5.26 Å². The fraction of sp³-hybridized carbons (Fsp3) is 0.750. The summed E-state index contributed by atoms with van der Waals surface area (Å²) in [5, 5.41) is 6.86. The van der Waals surface area contributed by atoms with Gasteiger partial charge in [0.1, 0.15) is 17.4 Å². The summed E-state index contributed by atoms with van der Waals surface area (Å²) in [4.78, 5) is 10.4. The average molecular weight is 283 g/mol. The Kier molecular flexibility index (Phi) is 6.51. The van der Waals surface area contributed by atoms with E-state index in [2.05, 4.69) is 30.0 Å². The first-order valence-electron chi connectivity index (χ1n) is 2.77. The van der Waals surface area contributed by atoms with Gasteiger partial charge in [-0.3, -0.25) is 4.79 Å². The molecular weight excluding hydrogens is 278 g/mol. The Morgan fingerprint density at radius 2 is 2.23 bits per heavy atom. The first-order valence-corrected chi connectivity index (χ1v) is 4.63. The van der Waals surface area contributed by atoms with Gasteiger partial charge in [0.15, 0.2) is 6.61 Å². The molecular formula is C4H5BrF2O5S. The van der Waals surface area contributed by atoms with Crippen LogP contribution < -0.4 is 0 Å². The van der Waals surface area contributed by atoms with Crippen LogP contribution in [0.1, 0.15) is 0 Å². The van der Waals surface area contributed by atoms with Crippen molar-refractivity contribution in [3.63, 3.8) is 0 Å². The fourth-order valence-corrected chi connectivity index (χ4v) is 0.691. The zero-order chi connectivity index (χ0) is 10.3. The molecule has 0 bridgehead atoms. The zero-order valence-electron chi connectivity index (χ0n) is 6.04. The molecule has 0 amide bonds. The molecule has 0 aliphatic carbocycles. The topological polar surface area (TPSA) is 65.0 Å². The van der Waals surface area contributed by atoms with Crippen molar-refractivity contribution in [1.29, 1.82) is 0 Å². The predicted octanol–water partition coefficient (Wildman–Crippen LogP) is 1.59. The monoisotopic (exact) mass is 282 g/mol. The second-order valence-corrected chi connectivity index (χ2v) is 3.12. The van der Waals surface area contributed by atoms with Crippen LogP contribution in [0.5, 0.6) is 0 Å². The van der Waals surface area contributed by atoms with E-state index in [0.717, 1.165) is 0 Å². The Bertz CT molecular complexity index is 169. The average Bonchev–Trinajstić information content (AvgIpc) is 2.11. The number of ether oxygens (including phenoxy) is 1. The summed E-state index contributed by atoms with van der Waals surface area (Å²) in [6, 6.07) is 0. The summed E-state index contributed by atoms with van der Waals surface area (Å²) < 4.78 is 32.5. The highest BCUT2D eigenvalue weighted by molar-refractivity contribution is 9.09. The smallest absolute Gasteiger partial charge is 0.354 e. The van der Waals surface area contributed by atoms with Crippen LogP contribution in [0.15, 0.2) is 0 Å². The normalized spacial score (nSPS) is 11.4. The number of carbonyl (C=O) groups excluding carboxylic acids is 1. The lowest BCUT2D eigenvalue weighted by Gasteiger charge is -2.12. The minimum absolute atomic E-state index is 0.175. The molecule has 0 aliphatic rings. The number of alkyl halides is 3. The Hall–Kier alpha value is 0.0400. The van der Waals surface area contributed by atoms with Gasteiger partial charge in [-0.05, 0) is 0 Å². The second kappa shape index (κ2) is 6.49. The summed E-state index contributed by atoms with van der Waals surface area (Å²) in [5.74, 6) is -0.829. The highest BCUT2D eigenvalue weighted by Crippen LogP contribution is 2.29. The van der Waals surface area contributed by atoms with Gasteiger partial charge in [-0.15, -0.1) is 4.33 Å². The lowest BCUT2D eigenvalue weighted by molar-refractivity contribution is -0.433. The number of hydrogen-bond acceptors (Lipinski definition) is 6. The molecule has 9 heteroatoms. The van der Waals surface area contributed by atoms with Gasteiger partial charge in [0, 0.05) is 0 Å². The Morgan fingerprint density at radius 3 is 2.69 bits per heavy atom. The molecule has 0 fully saturated rings. The third-order valence-electron chi connectivity index (χ3n) is 0.697. The highest BCUT2D eigenvalue weighted by atomic mass is 79.9. The second-order valence-electron chi connectivity index (χ2n) is 1.66. The van der Waals surface area contributed by atoms with Crippen molar-refractivity contribution in [1.82, 2.24) is 0 Å². The standard InChI is InChI=1S/C4H5BrF2O5S/c5-1-3(8)10-2-4(6,7)13-12-11-9/h9H,1-2H2. The maximum Gasteiger partial charge on any atom is 0.354 e. The van der Waals surface area contributed by atoms with Crippen molar-refractivity contribution in [2.45, 2.75) is 5.25 Å². The summed E-state index contributed by atoms with van der Waals surface area (Å²) in [6.45, 7) is -1.16. The van der Waals surface area contributed by atoms with Gasteiger partial charge in [-0.1, -0.05) is 21.0 Å². The molecule has 78 valence electrons. The molecule has 0 saturated heterocycles. The fourth-order valence-electron chi connectivity index (χ4n) is 0.292. The molecule has 0 aromatic rings. The van der Waals surface area contributed by atoms with E-state index in [1.165, 1.54) is 0 Å². The van der Waals surface area contributed by atoms with Crippen LogP contribution in [0.4, 0.5) is 8.78 Å². The van der Waals surface area contributed by atoms with Crippen molar-refractivity contribution in [2.24, 2.45) is 0 Å². The minimum atomic E-state index is -3.47. The van der Waals surface area contributed by atoms with Gasteiger partial charge in [0.2, 0.25) is 0 Å². The number of halogens is 3. The van der Waals surface area contributed by atoms with E-state index in [-0.39, 0.29) is 5.33 Å². The number of rotatable bonds is 6. The molecule has 0 rings (SSSR count). The lowest BCUT2D eigenvalue weighted by Crippen LogP contribution is -2.22. The van der Waals surface area contributed by atoms with E-state index < -0.39 is 29.9 Å². The maximum absolute atomic E-state index is 12.5. The van der Waals surface area contributed by atoms with Crippen LogP contribution in [0.2, 0.25) is 0 Å². The highest BCUT2D eigenvalue weighted by Gasteiger charge is 2.34. The summed E-state index contributed by atoms with van der Waals surface area (Å²) in [7, 11) is 0. The van der Waals surface area contributed by atoms with Gasteiger partial charge in [0.05, 0.1) is 0 Å². The number of carbonyl (C=O) groups is 1. The minimum Gasteiger partial charge on any atom is -0.458 e. The molecule has 13 heavy (non-hydrogen) atoms. The molecule has 0 saturated carbocycles. The summed E-state index contributed by atoms with van der Waals surface area (Å²) in [6.07, 6.45) is 0. The molecule has 0 radical (unpaired) electrons. The number of esters is 1. The van der Waals surface area contributed by atoms with E-state index in [4.69, 9.17) is 5.26 Å². The summed E-state index contributed by atoms with van der Waals surface area (Å²) in [5.41, 5.74) is 0. The Labute approximate surface area is 84.5 Å². The molecule has 0 aliphatic heterocycles. The van der Waals surface area contributed by atoms with E-state index in [1.807, 2.05) is 0 Å². The van der Waals surface area contributed by atoms with Crippen molar-refractivity contribution >= 4 is 33.9 Å². The van der Waals surface area contributed by atoms with Crippen LogP contribution in [0, 0.1) is 0 Å². The molecule has 0 aromatic carbocycles. The maximum atomic E-state index is 12.5. The van der Waals surface area contributed by atoms with E-state index in [0.29, 0.717) is 0 Å². The van der Waals surface area contributed by atoms with Crippen LogP contribution in [-0.4, -0.2) is 28.4 Å². The molecule has 0 unspecified atom stereocenters. The van der Waals surface area contributed by atoms with Crippen LogP contribution >= 0.6 is 28.0 Å². The molecule has 5 nitrogen and oxygen atoms in total. The van der Waals surface area contributed by atoms with E-state index >= 15 is 0 Å². The van der Waals surface area contributed by atoms with Gasteiger partial charge >= 0.3 is 11.2 Å². The van der Waals surface area contributed by atoms with Crippen molar-refractivity contribution in [2.75, 3.05) is 11.9 Å². The largest absolute Gasteiger partial charge is 0.458 e. The first kappa shape index (κ1) is 13.0. The first-order chi connectivity index (χ1) is 6.02. The van der Waals surface area contributed by atoms with Crippen LogP contribution in [0.25, 0.3) is 0 Å².